The molecule has 26 heavy (non-hydrogen) atoms. The van der Waals surface area contributed by atoms with Crippen molar-refractivity contribution in [3.8, 4) is 11.1 Å². The number of rotatable bonds is 5. The number of hydrogen-bond acceptors (Lipinski definition) is 0. The fourth-order valence-corrected chi connectivity index (χ4v) is 3.02. The third-order valence-corrected chi connectivity index (χ3v) is 4.26. The summed E-state index contributed by atoms with van der Waals surface area (Å²) in [7, 11) is 0. The molecule has 0 unspecified atom stereocenters. The Hall–Kier alpha value is -2.62. The molecule has 0 radical (unpaired) electrons. The molecule has 0 aliphatic heterocycles. The fraction of sp³-hybridized carbons (Fsp3) is 0.182. The van der Waals surface area contributed by atoms with Crippen LogP contribution in [0.2, 0.25) is 0 Å². The molecule has 3 aromatic rings. The fourth-order valence-electron chi connectivity index (χ4n) is 3.02. The monoisotopic (exact) mass is 358 g/mol. The Kier molecular flexibility index (Phi) is 5.40. The van der Waals surface area contributed by atoms with Crippen LogP contribution in [0.1, 0.15) is 30.0 Å². The molecule has 0 heterocycles. The molecule has 0 aromatic heterocycles. The first-order valence-electron chi connectivity index (χ1n) is 8.48. The van der Waals surface area contributed by atoms with Crippen molar-refractivity contribution in [1.82, 2.24) is 0 Å². The molecular formula is C22H18F4. The Morgan fingerprint density at radius 1 is 0.654 bits per heavy atom. The second kappa shape index (κ2) is 7.73. The number of benzene rings is 3. The average molecular weight is 358 g/mol. The maximum Gasteiger partial charge on any atom is 0.129 e. The van der Waals surface area contributed by atoms with Crippen molar-refractivity contribution in [3.05, 3.63) is 94.6 Å². The second-order valence-electron chi connectivity index (χ2n) is 6.32. The van der Waals surface area contributed by atoms with E-state index in [-0.39, 0.29) is 5.56 Å². The van der Waals surface area contributed by atoms with Crippen LogP contribution in [-0.2, 0) is 12.8 Å². The van der Waals surface area contributed by atoms with Crippen LogP contribution in [0.25, 0.3) is 11.1 Å². The lowest BCUT2D eigenvalue weighted by Gasteiger charge is -2.09. The van der Waals surface area contributed by atoms with Crippen LogP contribution >= 0.6 is 0 Å². The molecule has 0 bridgehead atoms. The van der Waals surface area contributed by atoms with Crippen LogP contribution in [0.5, 0.6) is 0 Å². The molecule has 0 N–H and O–H groups in total. The first-order valence-corrected chi connectivity index (χ1v) is 8.48. The highest BCUT2D eigenvalue weighted by atomic mass is 19.1. The van der Waals surface area contributed by atoms with Gasteiger partial charge in [0.1, 0.15) is 23.3 Å². The van der Waals surface area contributed by atoms with Crippen molar-refractivity contribution in [2.75, 3.05) is 0 Å². The van der Waals surface area contributed by atoms with Gasteiger partial charge in [-0.2, -0.15) is 0 Å². The molecule has 0 aliphatic carbocycles. The normalized spacial score (nSPS) is 11.0. The van der Waals surface area contributed by atoms with Gasteiger partial charge >= 0.3 is 0 Å². The predicted molar refractivity (Wildman–Crippen MR) is 95.0 cm³/mol. The van der Waals surface area contributed by atoms with E-state index in [0.29, 0.717) is 36.0 Å². The van der Waals surface area contributed by atoms with Crippen LogP contribution in [0.15, 0.2) is 54.6 Å². The highest BCUT2D eigenvalue weighted by Crippen LogP contribution is 2.24. The second-order valence-corrected chi connectivity index (χ2v) is 6.32. The maximum atomic E-state index is 14.1. The van der Waals surface area contributed by atoms with Gasteiger partial charge in [0.25, 0.3) is 0 Å². The van der Waals surface area contributed by atoms with Crippen molar-refractivity contribution in [1.29, 1.82) is 0 Å². The van der Waals surface area contributed by atoms with Gasteiger partial charge < -0.3 is 0 Å². The van der Waals surface area contributed by atoms with Crippen LogP contribution < -0.4 is 0 Å². The first kappa shape index (κ1) is 18.2. The van der Waals surface area contributed by atoms with Crippen molar-refractivity contribution in [3.63, 3.8) is 0 Å². The standard InChI is InChI=1S/C22H18F4/c1-2-3-20-21(25)9-15(10-22(20)26)8-14-4-6-16(7-5-14)17-11-18(23)13-19(24)12-17/h4-7,9-13H,2-3,8H2,1H3. The molecule has 0 nitrogen and oxygen atoms in total. The van der Waals surface area contributed by atoms with E-state index < -0.39 is 23.3 Å². The van der Waals surface area contributed by atoms with E-state index >= 15 is 0 Å². The van der Waals surface area contributed by atoms with Crippen LogP contribution in [0, 0.1) is 23.3 Å². The summed E-state index contributed by atoms with van der Waals surface area (Å²) < 4.78 is 54.8. The van der Waals surface area contributed by atoms with E-state index in [1.165, 1.54) is 24.3 Å². The third-order valence-electron chi connectivity index (χ3n) is 4.26. The van der Waals surface area contributed by atoms with Gasteiger partial charge in [-0.05, 0) is 59.4 Å². The van der Waals surface area contributed by atoms with Crippen LogP contribution in [0.3, 0.4) is 0 Å². The summed E-state index contributed by atoms with van der Waals surface area (Å²) in [6.45, 7) is 1.87. The Balaban J connectivity index is 1.81. The summed E-state index contributed by atoms with van der Waals surface area (Å²) in [5.41, 5.74) is 2.63. The Morgan fingerprint density at radius 3 is 1.77 bits per heavy atom. The molecule has 3 rings (SSSR count). The van der Waals surface area contributed by atoms with E-state index in [2.05, 4.69) is 0 Å². The lowest BCUT2D eigenvalue weighted by atomic mass is 9.98. The first-order chi connectivity index (χ1) is 12.5. The van der Waals surface area contributed by atoms with Gasteiger partial charge in [-0.3, -0.25) is 0 Å². The molecule has 0 saturated carbocycles. The van der Waals surface area contributed by atoms with Crippen molar-refractivity contribution < 1.29 is 17.6 Å². The molecule has 0 saturated heterocycles. The summed E-state index contributed by atoms with van der Waals surface area (Å²) in [4.78, 5) is 0. The molecule has 4 heteroatoms. The zero-order chi connectivity index (χ0) is 18.7. The van der Waals surface area contributed by atoms with Gasteiger partial charge in [0, 0.05) is 11.6 Å². The van der Waals surface area contributed by atoms with Crippen LogP contribution in [-0.4, -0.2) is 0 Å². The average Bonchev–Trinajstić information content (AvgIpc) is 2.58. The lowest BCUT2D eigenvalue weighted by Crippen LogP contribution is -1.99. The predicted octanol–water partition coefficient (Wildman–Crippen LogP) is 6.45. The molecule has 0 fully saturated rings. The SMILES string of the molecule is CCCc1c(F)cc(Cc2ccc(-c3cc(F)cc(F)c3)cc2)cc1F. The van der Waals surface area contributed by atoms with Gasteiger partial charge in [0.2, 0.25) is 0 Å². The molecule has 3 aromatic carbocycles. The Labute approximate surface area is 150 Å². The highest BCUT2D eigenvalue weighted by Gasteiger charge is 2.11. The van der Waals surface area contributed by atoms with E-state index in [0.717, 1.165) is 11.6 Å². The van der Waals surface area contributed by atoms with Crippen molar-refractivity contribution in [2.24, 2.45) is 0 Å². The smallest absolute Gasteiger partial charge is 0.129 e. The zero-order valence-electron chi connectivity index (χ0n) is 14.3. The minimum atomic E-state index is -0.637. The lowest BCUT2D eigenvalue weighted by molar-refractivity contribution is 0.550. The van der Waals surface area contributed by atoms with Gasteiger partial charge in [-0.25, -0.2) is 17.6 Å². The summed E-state index contributed by atoms with van der Waals surface area (Å²) in [6, 6.07) is 13.1. The van der Waals surface area contributed by atoms with Gasteiger partial charge in [-0.1, -0.05) is 37.6 Å². The van der Waals surface area contributed by atoms with E-state index in [4.69, 9.17) is 0 Å². The van der Waals surface area contributed by atoms with E-state index in [1.807, 2.05) is 6.92 Å². The van der Waals surface area contributed by atoms with E-state index in [9.17, 15) is 17.6 Å². The Morgan fingerprint density at radius 2 is 1.23 bits per heavy atom. The largest absolute Gasteiger partial charge is 0.207 e. The van der Waals surface area contributed by atoms with Gasteiger partial charge in [-0.15, -0.1) is 0 Å². The van der Waals surface area contributed by atoms with Crippen molar-refractivity contribution >= 4 is 0 Å². The Bertz CT molecular complexity index is 871. The molecule has 0 amide bonds. The van der Waals surface area contributed by atoms with Gasteiger partial charge in [0.05, 0.1) is 0 Å². The topological polar surface area (TPSA) is 0 Å². The number of hydrogen-bond donors (Lipinski definition) is 0. The summed E-state index contributed by atoms with van der Waals surface area (Å²) in [6.07, 6.45) is 1.42. The molecular weight excluding hydrogens is 340 g/mol. The molecule has 134 valence electrons. The summed E-state index contributed by atoms with van der Waals surface area (Å²) in [5, 5.41) is 0. The quantitative estimate of drug-likeness (QED) is 0.460. The van der Waals surface area contributed by atoms with Crippen molar-refractivity contribution in [2.45, 2.75) is 26.2 Å². The zero-order valence-corrected chi connectivity index (χ0v) is 14.3. The third kappa shape index (κ3) is 4.13. The molecule has 0 aliphatic rings. The number of halogens is 4. The molecule has 0 spiro atoms. The summed E-state index contributed by atoms with van der Waals surface area (Å²) in [5.74, 6) is -2.31. The highest BCUT2D eigenvalue weighted by molar-refractivity contribution is 5.63. The minimum Gasteiger partial charge on any atom is -0.207 e. The van der Waals surface area contributed by atoms with Gasteiger partial charge in [0.15, 0.2) is 0 Å². The van der Waals surface area contributed by atoms with E-state index in [1.54, 1.807) is 24.3 Å². The van der Waals surface area contributed by atoms with Crippen LogP contribution in [0.4, 0.5) is 17.6 Å². The maximum absolute atomic E-state index is 14.1. The summed E-state index contributed by atoms with van der Waals surface area (Å²) >= 11 is 0. The molecule has 0 atom stereocenters. The minimum absolute atomic E-state index is 0.125.